The Balaban J connectivity index is 1.30. The zero-order valence-electron chi connectivity index (χ0n) is 37.6. The molecular formula is C53H71N3O7. The van der Waals surface area contributed by atoms with Crippen molar-refractivity contribution in [3.8, 4) is 0 Å². The second-order valence-corrected chi connectivity index (χ2v) is 19.6. The highest BCUT2D eigenvalue weighted by atomic mass is 16.3. The van der Waals surface area contributed by atoms with Crippen molar-refractivity contribution in [2.24, 2.45) is 28.9 Å². The SMILES string of the molecule is C=C(C=CC=C(CO)C1CC2CCCC3(O)CCC4=C(C)C(=O)Cc5cccc6c5C(NCC(O)CCc5cccc(c5)CC(O)CCC4C23C1O)C(=O)NC6N)CCC=C(C)C. The van der Waals surface area contributed by atoms with E-state index in [2.05, 4.69) is 43.2 Å². The number of benzene rings is 2. The number of ketones is 1. The van der Waals surface area contributed by atoms with Gasteiger partial charge in [-0.25, -0.2) is 0 Å². The summed E-state index contributed by atoms with van der Waals surface area (Å²) in [6.45, 7) is 10.2. The number of aryl methyl sites for hydroxylation is 1. The molecule has 2 aromatic carbocycles. The molecule has 0 saturated heterocycles. The van der Waals surface area contributed by atoms with Gasteiger partial charge in [0, 0.05) is 24.3 Å². The highest BCUT2D eigenvalue weighted by Gasteiger charge is 2.70. The summed E-state index contributed by atoms with van der Waals surface area (Å²) >= 11 is 0. The molecule has 2 aromatic rings. The topological polar surface area (TPSA) is 185 Å². The van der Waals surface area contributed by atoms with E-state index >= 15 is 0 Å². The minimum absolute atomic E-state index is 0.0124. The summed E-state index contributed by atoms with van der Waals surface area (Å²) in [7, 11) is 0. The van der Waals surface area contributed by atoms with Crippen LogP contribution in [-0.4, -0.2) is 74.3 Å². The molecule has 63 heavy (non-hydrogen) atoms. The minimum Gasteiger partial charge on any atom is -0.393 e. The third-order valence-corrected chi connectivity index (χ3v) is 15.4. The number of allylic oxidation sites excluding steroid dienone is 8. The van der Waals surface area contributed by atoms with Crippen LogP contribution in [0.3, 0.4) is 0 Å². The fourth-order valence-electron chi connectivity index (χ4n) is 12.4. The quantitative estimate of drug-likeness (QED) is 0.112. The Morgan fingerprint density at radius 1 is 0.984 bits per heavy atom. The van der Waals surface area contributed by atoms with Gasteiger partial charge in [-0.1, -0.05) is 96.5 Å². The van der Waals surface area contributed by atoms with Crippen LogP contribution < -0.4 is 16.4 Å². The van der Waals surface area contributed by atoms with Crippen LogP contribution in [0, 0.1) is 23.2 Å². The number of carbonyl (C=O) groups is 2. The van der Waals surface area contributed by atoms with Crippen LogP contribution in [0.15, 0.2) is 101 Å². The van der Waals surface area contributed by atoms with Crippen LogP contribution in [0.5, 0.6) is 0 Å². The van der Waals surface area contributed by atoms with Crippen molar-refractivity contribution in [3.05, 3.63) is 129 Å². The Morgan fingerprint density at radius 3 is 2.54 bits per heavy atom. The Morgan fingerprint density at radius 2 is 1.76 bits per heavy atom. The lowest BCUT2D eigenvalue weighted by Gasteiger charge is -2.61. The molecule has 1 amide bonds. The van der Waals surface area contributed by atoms with E-state index in [9.17, 15) is 35.1 Å². The van der Waals surface area contributed by atoms with E-state index in [4.69, 9.17) is 5.73 Å². The smallest absolute Gasteiger partial charge is 0.243 e. The van der Waals surface area contributed by atoms with Gasteiger partial charge in [-0.05, 0) is 149 Å². The average Bonchev–Trinajstić information content (AvgIpc) is 3.54. The van der Waals surface area contributed by atoms with Crippen LogP contribution in [0.4, 0.5) is 0 Å². The summed E-state index contributed by atoms with van der Waals surface area (Å²) in [5.74, 6) is -1.34. The van der Waals surface area contributed by atoms with Crippen molar-refractivity contribution in [2.75, 3.05) is 13.2 Å². The Labute approximate surface area is 374 Å². The lowest BCUT2D eigenvalue weighted by Crippen LogP contribution is -2.65. The number of carbonyl (C=O) groups excluding carboxylic acids is 2. The van der Waals surface area contributed by atoms with Crippen molar-refractivity contribution in [2.45, 2.75) is 147 Å². The fraction of sp³-hybridized carbons (Fsp3) is 0.547. The lowest BCUT2D eigenvalue weighted by molar-refractivity contribution is -0.216. The van der Waals surface area contributed by atoms with E-state index in [1.807, 2.05) is 61.5 Å². The van der Waals surface area contributed by atoms with Crippen LogP contribution in [0.2, 0.25) is 0 Å². The van der Waals surface area contributed by atoms with Gasteiger partial charge in [-0.2, -0.15) is 0 Å². The molecule has 2 bridgehead atoms. The summed E-state index contributed by atoms with van der Waals surface area (Å²) in [6.07, 6.45) is 12.4. The largest absolute Gasteiger partial charge is 0.393 e. The Bertz CT molecular complexity index is 2150. The van der Waals surface area contributed by atoms with Crippen LogP contribution >= 0.6 is 0 Å². The molecular weight excluding hydrogens is 791 g/mol. The average molecular weight is 862 g/mol. The second kappa shape index (κ2) is 20.0. The molecule has 7 rings (SSSR count). The number of fused-ring (bicyclic) bond motifs is 3. The molecule has 10 heteroatoms. The first-order valence-corrected chi connectivity index (χ1v) is 23.4. The third kappa shape index (κ3) is 9.69. The predicted molar refractivity (Wildman–Crippen MR) is 247 cm³/mol. The number of rotatable bonds is 7. The predicted octanol–water partition coefficient (Wildman–Crippen LogP) is 6.61. The summed E-state index contributed by atoms with van der Waals surface area (Å²) in [5.41, 5.74) is 12.8. The van der Waals surface area contributed by atoms with E-state index in [1.165, 1.54) is 5.57 Å². The molecule has 2 heterocycles. The molecule has 3 fully saturated rings. The van der Waals surface area contributed by atoms with Gasteiger partial charge in [0.05, 0.1) is 30.5 Å². The normalized spacial score (nSPS) is 33.1. The summed E-state index contributed by atoms with van der Waals surface area (Å²) in [4.78, 5) is 28.4. The Kier molecular flexibility index (Phi) is 14.9. The van der Waals surface area contributed by atoms with Gasteiger partial charge in [-0.3, -0.25) is 14.9 Å². The first-order chi connectivity index (χ1) is 30.2. The number of nitrogens with one attached hydrogen (secondary N) is 2. The Hall–Kier alpha value is -4.00. The van der Waals surface area contributed by atoms with Crippen molar-refractivity contribution < 1.29 is 35.1 Å². The third-order valence-electron chi connectivity index (χ3n) is 15.4. The highest BCUT2D eigenvalue weighted by molar-refractivity contribution is 5.98. The van der Waals surface area contributed by atoms with Crippen molar-refractivity contribution in [1.82, 2.24) is 10.6 Å². The van der Waals surface area contributed by atoms with Gasteiger partial charge in [0.1, 0.15) is 12.2 Å². The van der Waals surface area contributed by atoms with Crippen molar-refractivity contribution in [1.29, 1.82) is 0 Å². The first kappa shape index (κ1) is 47.0. The van der Waals surface area contributed by atoms with E-state index in [0.717, 1.165) is 48.0 Å². The minimum atomic E-state index is -1.21. The fourth-order valence-corrected chi connectivity index (χ4v) is 12.4. The molecule has 5 aliphatic rings. The van der Waals surface area contributed by atoms with Crippen LogP contribution in [0.25, 0.3) is 0 Å². The van der Waals surface area contributed by atoms with E-state index in [1.54, 1.807) is 0 Å². The number of amides is 1. The number of aliphatic hydroxyl groups excluding tert-OH is 4. The molecule has 10 atom stereocenters. The molecule has 2 aliphatic heterocycles. The maximum Gasteiger partial charge on any atom is 0.243 e. The van der Waals surface area contributed by atoms with Gasteiger partial charge in [-0.15, -0.1) is 0 Å². The van der Waals surface area contributed by atoms with E-state index in [0.29, 0.717) is 85.6 Å². The maximum absolute atomic E-state index is 14.8. The molecule has 10 unspecified atom stereocenters. The number of hydrogen-bond acceptors (Lipinski definition) is 9. The zero-order valence-corrected chi connectivity index (χ0v) is 37.6. The standard InChI is InChI=1S/C53H71N3O7/c1-32(2)10-5-11-33(3)12-6-16-38(31-57)44-29-39-17-9-24-52(63)25-23-42-34(4)46(60)28-37-15-8-18-43-47(37)48(51(62)56-50(43)54)55-30-41(59)20-19-35-13-7-14-36(26-35)27-40(58)21-22-45(42)53(39,52)49(44)61/h6-8,10,12-16,18,26,39-41,44-45,48-50,55,57-59,61,63H,3,5,9,11,17,19-25,27-31,54H2,1-2,4H3,(H,56,62). The summed E-state index contributed by atoms with van der Waals surface area (Å²) < 4.78 is 0. The maximum atomic E-state index is 14.8. The summed E-state index contributed by atoms with van der Waals surface area (Å²) in [6, 6.07) is 12.8. The van der Waals surface area contributed by atoms with Crippen molar-refractivity contribution >= 4 is 11.7 Å². The molecule has 3 aliphatic carbocycles. The molecule has 340 valence electrons. The number of hydrogen-bond donors (Lipinski definition) is 8. The first-order valence-electron chi connectivity index (χ1n) is 23.4. The number of nitrogens with two attached hydrogens (primary N) is 1. The molecule has 9 N–H and O–H groups in total. The summed E-state index contributed by atoms with van der Waals surface area (Å²) in [5, 5.41) is 65.9. The van der Waals surface area contributed by atoms with Gasteiger partial charge < -0.3 is 36.6 Å². The number of Topliss-reactive ketones (excluding diaryl/α,β-unsaturated/α-hetero) is 1. The number of aliphatic hydroxyl groups is 5. The zero-order chi connectivity index (χ0) is 45.1. The van der Waals surface area contributed by atoms with E-state index < -0.39 is 53.4 Å². The molecule has 1 spiro atoms. The van der Waals surface area contributed by atoms with Crippen molar-refractivity contribution in [3.63, 3.8) is 0 Å². The van der Waals surface area contributed by atoms with Gasteiger partial charge in [0.2, 0.25) is 5.91 Å². The van der Waals surface area contributed by atoms with Gasteiger partial charge in [0.25, 0.3) is 0 Å². The van der Waals surface area contributed by atoms with Gasteiger partial charge in [0.15, 0.2) is 5.78 Å². The van der Waals surface area contributed by atoms with E-state index in [-0.39, 0.29) is 37.2 Å². The molecule has 10 nitrogen and oxygen atoms in total. The van der Waals surface area contributed by atoms with Crippen LogP contribution in [-0.2, 0) is 28.9 Å². The van der Waals surface area contributed by atoms with Crippen LogP contribution in [0.1, 0.15) is 131 Å². The molecule has 0 radical (unpaired) electrons. The second-order valence-electron chi connectivity index (χ2n) is 19.6. The molecule has 3 saturated carbocycles. The van der Waals surface area contributed by atoms with Gasteiger partial charge >= 0.3 is 0 Å². The number of β-amino-alcohol motifs (C(OH)–C–C–N with tert-alkyl or cyclic N) is 1. The monoisotopic (exact) mass is 862 g/mol. The lowest BCUT2D eigenvalue weighted by atomic mass is 9.45. The molecule has 0 aromatic heterocycles. The highest BCUT2D eigenvalue weighted by Crippen LogP contribution is 2.69.